The minimum absolute atomic E-state index is 0.0241. The summed E-state index contributed by atoms with van der Waals surface area (Å²) in [5.74, 6) is 0.176. The van der Waals surface area contributed by atoms with E-state index in [1.165, 1.54) is 28.7 Å². The number of carbonyl (C=O) groups is 2. The van der Waals surface area contributed by atoms with E-state index in [0.717, 1.165) is 22.3 Å². The Bertz CT molecular complexity index is 1200. The zero-order chi connectivity index (χ0) is 21.1. The normalized spacial score (nSPS) is 13.6. The molecule has 0 N–H and O–H groups in total. The lowest BCUT2D eigenvalue weighted by atomic mass is 10.2. The second kappa shape index (κ2) is 9.20. The zero-order valence-corrected chi connectivity index (χ0v) is 18.6. The number of benzene rings is 2. The van der Waals surface area contributed by atoms with Crippen molar-refractivity contribution in [1.29, 1.82) is 0 Å². The molecule has 0 saturated heterocycles. The number of fused-ring (bicyclic) bond motifs is 2. The average molecular weight is 458 g/mol. The van der Waals surface area contributed by atoms with Crippen molar-refractivity contribution < 1.29 is 9.59 Å². The van der Waals surface area contributed by atoms with E-state index < -0.39 is 0 Å². The first-order chi connectivity index (χ1) is 14.6. The number of hydrogen-bond acceptors (Lipinski definition) is 4. The van der Waals surface area contributed by atoms with Gasteiger partial charge in [0.25, 0.3) is 5.91 Å². The number of aromatic nitrogens is 1. The van der Waals surface area contributed by atoms with Crippen LogP contribution < -0.4 is 9.70 Å². The van der Waals surface area contributed by atoms with Gasteiger partial charge < -0.3 is 9.47 Å². The summed E-state index contributed by atoms with van der Waals surface area (Å²) in [7, 11) is 0. The number of para-hydroxylation sites is 1. The van der Waals surface area contributed by atoms with Gasteiger partial charge >= 0.3 is 0 Å². The third-order valence-corrected chi connectivity index (χ3v) is 6.99. The summed E-state index contributed by atoms with van der Waals surface area (Å²) in [6.45, 7) is 5.03. The van der Waals surface area contributed by atoms with Crippen LogP contribution in [-0.4, -0.2) is 34.4 Å². The Balaban J connectivity index is 1.42. The van der Waals surface area contributed by atoms with Crippen LogP contribution in [0.5, 0.6) is 0 Å². The molecule has 0 aliphatic carbocycles. The lowest BCUT2D eigenvalue weighted by molar-refractivity contribution is -0.116. The first kappa shape index (κ1) is 20.9. The molecule has 0 saturated carbocycles. The van der Waals surface area contributed by atoms with E-state index in [1.54, 1.807) is 11.0 Å². The molecule has 2 heterocycles. The van der Waals surface area contributed by atoms with Crippen LogP contribution >= 0.6 is 34.7 Å². The fourth-order valence-electron chi connectivity index (χ4n) is 3.48. The van der Waals surface area contributed by atoms with E-state index in [0.29, 0.717) is 22.9 Å². The van der Waals surface area contributed by atoms with Gasteiger partial charge in [-0.3, -0.25) is 9.59 Å². The summed E-state index contributed by atoms with van der Waals surface area (Å²) >= 11 is 8.80. The Kier molecular flexibility index (Phi) is 6.41. The number of halogens is 1. The number of amides is 2. The number of carbonyl (C=O) groups excluding carboxylic acids is 2. The third-order valence-electron chi connectivity index (χ3n) is 4.82. The highest BCUT2D eigenvalue weighted by molar-refractivity contribution is 8.00. The second-order valence-electron chi connectivity index (χ2n) is 6.82. The molecule has 0 fully saturated rings. The summed E-state index contributed by atoms with van der Waals surface area (Å²) in [4.78, 5) is 31.7. The number of hydrogen-bond donors (Lipinski definition) is 0. The Morgan fingerprint density at radius 2 is 2.07 bits per heavy atom. The van der Waals surface area contributed by atoms with Crippen molar-refractivity contribution in [3.05, 3.63) is 70.5 Å². The van der Waals surface area contributed by atoms with Crippen molar-refractivity contribution >= 4 is 62.4 Å². The van der Waals surface area contributed by atoms with E-state index in [9.17, 15) is 9.59 Å². The predicted molar refractivity (Wildman–Crippen MR) is 125 cm³/mol. The van der Waals surface area contributed by atoms with Gasteiger partial charge in [-0.1, -0.05) is 47.2 Å². The van der Waals surface area contributed by atoms with Crippen LogP contribution in [0.2, 0.25) is 5.02 Å². The minimum Gasteiger partial charge on any atom is -0.313 e. The average Bonchev–Trinajstić information content (AvgIpc) is 3.29. The van der Waals surface area contributed by atoms with Crippen LogP contribution in [0.3, 0.4) is 0 Å². The van der Waals surface area contributed by atoms with Crippen molar-refractivity contribution in [2.75, 3.05) is 23.0 Å². The number of thioether (sulfide) groups is 1. The molecule has 2 aromatic carbocycles. The molecule has 0 radical (unpaired) electrons. The van der Waals surface area contributed by atoms with Gasteiger partial charge in [-0.25, -0.2) is 0 Å². The van der Waals surface area contributed by atoms with Gasteiger partial charge in [0, 0.05) is 23.8 Å². The van der Waals surface area contributed by atoms with Crippen LogP contribution in [-0.2, 0) is 22.6 Å². The minimum atomic E-state index is -0.259. The van der Waals surface area contributed by atoms with E-state index in [-0.39, 0.29) is 23.3 Å². The predicted octanol–water partition coefficient (Wildman–Crippen LogP) is 4.29. The van der Waals surface area contributed by atoms with E-state index >= 15 is 0 Å². The first-order valence-corrected chi connectivity index (χ1v) is 11.8. The third kappa shape index (κ3) is 4.38. The maximum Gasteiger partial charge on any atom is 0.258 e. The molecule has 0 spiro atoms. The Morgan fingerprint density at radius 1 is 1.23 bits per heavy atom. The standard InChI is InChI=1S/C22H20ClN3O2S2/c1-2-10-26-18-8-7-16(23)12-19(18)30-22(26)24-20(27)13-29-14-21(28)25-11-9-15-5-3-4-6-17(15)25/h2-8,12H,1,9-11,13-14H2. The van der Waals surface area contributed by atoms with Gasteiger partial charge in [-0.2, -0.15) is 4.99 Å². The molecule has 0 bridgehead atoms. The molecule has 4 rings (SSSR count). The Hall–Kier alpha value is -2.35. The second-order valence-corrected chi connectivity index (χ2v) is 9.25. The Labute approximate surface area is 187 Å². The summed E-state index contributed by atoms with van der Waals surface area (Å²) < 4.78 is 2.91. The summed E-state index contributed by atoms with van der Waals surface area (Å²) in [5.41, 5.74) is 3.14. The quantitative estimate of drug-likeness (QED) is 0.519. The molecule has 0 atom stereocenters. The smallest absolute Gasteiger partial charge is 0.258 e. The van der Waals surface area contributed by atoms with Gasteiger partial charge in [0.2, 0.25) is 5.91 Å². The fraction of sp³-hybridized carbons (Fsp3) is 0.227. The van der Waals surface area contributed by atoms with Gasteiger partial charge in [-0.15, -0.1) is 18.3 Å². The largest absolute Gasteiger partial charge is 0.313 e. The van der Waals surface area contributed by atoms with E-state index in [4.69, 9.17) is 11.6 Å². The highest BCUT2D eigenvalue weighted by atomic mass is 35.5. The molecular formula is C22H20ClN3O2S2. The zero-order valence-electron chi connectivity index (χ0n) is 16.2. The van der Waals surface area contributed by atoms with Crippen LogP contribution in [0.25, 0.3) is 10.2 Å². The molecule has 30 heavy (non-hydrogen) atoms. The monoisotopic (exact) mass is 457 g/mol. The van der Waals surface area contributed by atoms with Gasteiger partial charge in [-0.05, 0) is 36.2 Å². The summed E-state index contributed by atoms with van der Waals surface area (Å²) in [5, 5.41) is 0.643. The van der Waals surface area contributed by atoms with Gasteiger partial charge in [0.15, 0.2) is 4.80 Å². The molecule has 2 amide bonds. The number of nitrogens with zero attached hydrogens (tertiary/aromatic N) is 3. The van der Waals surface area contributed by atoms with Crippen molar-refractivity contribution in [2.45, 2.75) is 13.0 Å². The van der Waals surface area contributed by atoms with Crippen molar-refractivity contribution in [3.63, 3.8) is 0 Å². The molecule has 0 unspecified atom stereocenters. The maximum atomic E-state index is 12.6. The number of rotatable bonds is 6. The maximum absolute atomic E-state index is 12.6. The number of thiazole rings is 1. The molecule has 8 heteroatoms. The van der Waals surface area contributed by atoms with Crippen molar-refractivity contribution in [2.24, 2.45) is 4.99 Å². The van der Waals surface area contributed by atoms with E-state index in [1.807, 2.05) is 41.0 Å². The molecular weight excluding hydrogens is 438 g/mol. The molecule has 1 aliphatic rings. The van der Waals surface area contributed by atoms with Crippen LogP contribution in [0.4, 0.5) is 5.69 Å². The molecule has 5 nitrogen and oxygen atoms in total. The van der Waals surface area contributed by atoms with Crippen LogP contribution in [0.15, 0.2) is 60.1 Å². The summed E-state index contributed by atoms with van der Waals surface area (Å²) in [6.07, 6.45) is 2.64. The van der Waals surface area contributed by atoms with Crippen LogP contribution in [0, 0.1) is 0 Å². The highest BCUT2D eigenvalue weighted by Crippen LogP contribution is 2.28. The summed E-state index contributed by atoms with van der Waals surface area (Å²) in [6, 6.07) is 13.6. The van der Waals surface area contributed by atoms with Crippen LogP contribution in [0.1, 0.15) is 5.56 Å². The van der Waals surface area contributed by atoms with Gasteiger partial charge in [0.05, 0.1) is 21.7 Å². The van der Waals surface area contributed by atoms with Gasteiger partial charge in [0.1, 0.15) is 0 Å². The number of allylic oxidation sites excluding steroid dienone is 1. The van der Waals surface area contributed by atoms with Crippen molar-refractivity contribution in [3.8, 4) is 0 Å². The molecule has 3 aromatic rings. The fourth-order valence-corrected chi connectivity index (χ4v) is 5.48. The molecule has 154 valence electrons. The number of anilines is 1. The SMILES string of the molecule is C=CCn1c(=NC(=O)CSCC(=O)N2CCc3ccccc32)sc2cc(Cl)ccc21. The molecule has 1 aromatic heterocycles. The van der Waals surface area contributed by atoms with Crippen molar-refractivity contribution in [1.82, 2.24) is 4.57 Å². The Morgan fingerprint density at radius 3 is 2.90 bits per heavy atom. The molecule has 1 aliphatic heterocycles. The first-order valence-electron chi connectivity index (χ1n) is 9.50. The topological polar surface area (TPSA) is 54.7 Å². The van der Waals surface area contributed by atoms with E-state index in [2.05, 4.69) is 17.6 Å². The highest BCUT2D eigenvalue weighted by Gasteiger charge is 2.23. The lowest BCUT2D eigenvalue weighted by Crippen LogP contribution is -2.30. The lowest BCUT2D eigenvalue weighted by Gasteiger charge is -2.16.